The van der Waals surface area contributed by atoms with Crippen LogP contribution in [-0.4, -0.2) is 25.1 Å². The molecule has 13 heavy (non-hydrogen) atoms. The lowest BCUT2D eigenvalue weighted by atomic mass is 11.0. The maximum atomic E-state index is 10.8. The van der Waals surface area contributed by atoms with Gasteiger partial charge >= 0.3 is 20.1 Å². The van der Waals surface area contributed by atoms with Crippen molar-refractivity contribution in [3.05, 3.63) is 0 Å². The van der Waals surface area contributed by atoms with Gasteiger partial charge in [-0.3, -0.25) is 5.32 Å². The summed E-state index contributed by atoms with van der Waals surface area (Å²) >= 11 is 0. The number of carbonyl (C=O) groups is 2. The average molecular weight is 209 g/mol. The van der Waals surface area contributed by atoms with Crippen LogP contribution in [0.1, 0.15) is 0 Å². The van der Waals surface area contributed by atoms with E-state index in [0.717, 1.165) is 0 Å². The Bertz CT molecular complexity index is 220. The third-order valence-corrected chi connectivity index (χ3v) is 1.67. The van der Waals surface area contributed by atoms with E-state index >= 15 is 0 Å². The monoisotopic (exact) mass is 209 g/mol. The minimum atomic E-state index is -2.08. The summed E-state index contributed by atoms with van der Waals surface area (Å²) in [7, 11) is -2.08. The molecule has 0 rings (SSSR count). The molecule has 0 aromatic heterocycles. The SMILES string of the molecule is NC(=O)NCO[P+](=O)CNC(N)=O. The van der Waals surface area contributed by atoms with Crippen molar-refractivity contribution in [2.45, 2.75) is 0 Å². The molecule has 0 aliphatic rings. The maximum Gasteiger partial charge on any atom is 0.531 e. The number of primary amides is 2. The van der Waals surface area contributed by atoms with Gasteiger partial charge in [-0.1, -0.05) is 0 Å². The van der Waals surface area contributed by atoms with Gasteiger partial charge in [0.2, 0.25) is 0 Å². The summed E-state index contributed by atoms with van der Waals surface area (Å²) in [5, 5.41) is 4.12. The lowest BCUT2D eigenvalue weighted by Crippen LogP contribution is -2.31. The third kappa shape index (κ3) is 8.51. The Hall–Kier alpha value is -1.40. The fraction of sp³-hybridized carbons (Fsp3) is 0.500. The summed E-state index contributed by atoms with van der Waals surface area (Å²) in [6, 6.07) is -1.58. The average Bonchev–Trinajstić information content (AvgIpc) is 2.00. The lowest BCUT2D eigenvalue weighted by Gasteiger charge is -1.94. The van der Waals surface area contributed by atoms with Gasteiger partial charge in [0.05, 0.1) is 0 Å². The van der Waals surface area contributed by atoms with Crippen LogP contribution in [0.25, 0.3) is 0 Å². The van der Waals surface area contributed by atoms with E-state index in [0.29, 0.717) is 0 Å². The summed E-state index contributed by atoms with van der Waals surface area (Å²) in [5.41, 5.74) is 9.38. The smallest absolute Gasteiger partial charge is 0.352 e. The van der Waals surface area contributed by atoms with E-state index in [1.54, 1.807) is 0 Å². The van der Waals surface area contributed by atoms with E-state index < -0.39 is 20.1 Å². The molecule has 8 nitrogen and oxygen atoms in total. The predicted octanol–water partition coefficient (Wildman–Crippen LogP) is -1.00. The van der Waals surface area contributed by atoms with Crippen LogP contribution in [0.2, 0.25) is 0 Å². The Balaban J connectivity index is 3.41. The number of rotatable bonds is 5. The number of nitrogens with two attached hydrogens (primary N) is 2. The van der Waals surface area contributed by atoms with Gasteiger partial charge in [-0.2, -0.15) is 0 Å². The van der Waals surface area contributed by atoms with Crippen molar-refractivity contribution in [1.29, 1.82) is 0 Å². The number of urea groups is 2. The normalized spacial score (nSPS) is 10.3. The highest BCUT2D eigenvalue weighted by Gasteiger charge is 2.17. The van der Waals surface area contributed by atoms with Gasteiger partial charge in [0.25, 0.3) is 6.29 Å². The minimum Gasteiger partial charge on any atom is -0.352 e. The molecule has 1 unspecified atom stereocenters. The molecule has 0 spiro atoms. The van der Waals surface area contributed by atoms with Gasteiger partial charge < -0.3 is 16.8 Å². The Kier molecular flexibility index (Phi) is 5.49. The van der Waals surface area contributed by atoms with Crippen molar-refractivity contribution >= 4 is 20.1 Å². The molecule has 0 saturated heterocycles. The Morgan fingerprint density at radius 3 is 2.23 bits per heavy atom. The summed E-state index contributed by atoms with van der Waals surface area (Å²) < 4.78 is 15.3. The van der Waals surface area contributed by atoms with E-state index in [1.807, 2.05) is 0 Å². The van der Waals surface area contributed by atoms with Gasteiger partial charge in [-0.15, -0.1) is 4.52 Å². The Morgan fingerprint density at radius 1 is 1.23 bits per heavy atom. The molecule has 74 valence electrons. The van der Waals surface area contributed by atoms with Crippen molar-refractivity contribution in [3.63, 3.8) is 0 Å². The zero-order valence-corrected chi connectivity index (χ0v) is 7.54. The Morgan fingerprint density at radius 2 is 1.77 bits per heavy atom. The first-order chi connectivity index (χ1) is 6.02. The molecular formula is C4H10N4O4P+. The van der Waals surface area contributed by atoms with Crippen molar-refractivity contribution in [1.82, 2.24) is 10.6 Å². The minimum absolute atomic E-state index is 0.203. The molecule has 0 radical (unpaired) electrons. The molecule has 1 atom stereocenters. The quantitative estimate of drug-likeness (QED) is 0.340. The topological polar surface area (TPSA) is 137 Å². The standard InChI is InChI=1S/C4H9N4O4P/c5-3(9)7-1-12-13(11)2-8-4(6)10/h1-2H2,(H5-,5,6,7,8,9,10)/p+1. The summed E-state index contributed by atoms with van der Waals surface area (Å²) in [4.78, 5) is 20.2. The maximum absolute atomic E-state index is 10.8. The van der Waals surface area contributed by atoms with Crippen LogP contribution in [0.4, 0.5) is 9.59 Å². The van der Waals surface area contributed by atoms with Crippen molar-refractivity contribution in [2.75, 3.05) is 13.0 Å². The first-order valence-electron chi connectivity index (χ1n) is 3.16. The molecule has 0 aromatic rings. The highest BCUT2D eigenvalue weighted by Crippen LogP contribution is 2.18. The number of carbonyl (C=O) groups excluding carboxylic acids is 2. The van der Waals surface area contributed by atoms with Crippen molar-refractivity contribution in [3.8, 4) is 0 Å². The second-order valence-electron chi connectivity index (χ2n) is 1.85. The summed E-state index contributed by atoms with van der Waals surface area (Å²) in [6.45, 7) is -0.273. The second-order valence-corrected chi connectivity index (χ2v) is 3.09. The van der Waals surface area contributed by atoms with E-state index in [2.05, 4.69) is 20.9 Å². The van der Waals surface area contributed by atoms with Gasteiger partial charge in [0, 0.05) is 0 Å². The fourth-order valence-electron chi connectivity index (χ4n) is 0.364. The fourth-order valence-corrected chi connectivity index (χ4v) is 0.948. The van der Waals surface area contributed by atoms with E-state index in [1.165, 1.54) is 0 Å². The van der Waals surface area contributed by atoms with Crippen LogP contribution in [0, 0.1) is 0 Å². The zero-order chi connectivity index (χ0) is 10.3. The van der Waals surface area contributed by atoms with Crippen LogP contribution < -0.4 is 22.1 Å². The van der Waals surface area contributed by atoms with E-state index in [9.17, 15) is 14.2 Å². The molecular weight excluding hydrogens is 199 g/mol. The number of hydrogen-bond acceptors (Lipinski definition) is 4. The van der Waals surface area contributed by atoms with Crippen LogP contribution in [-0.2, 0) is 9.09 Å². The van der Waals surface area contributed by atoms with Crippen LogP contribution in [0.5, 0.6) is 0 Å². The molecule has 0 aliphatic heterocycles. The first-order valence-corrected chi connectivity index (χ1v) is 4.53. The molecule has 4 amide bonds. The zero-order valence-electron chi connectivity index (χ0n) is 6.65. The lowest BCUT2D eigenvalue weighted by molar-refractivity contribution is 0.233. The van der Waals surface area contributed by atoms with E-state index in [-0.39, 0.29) is 13.0 Å². The largest absolute Gasteiger partial charge is 0.531 e. The highest BCUT2D eigenvalue weighted by atomic mass is 31.1. The molecule has 0 saturated carbocycles. The molecule has 6 N–H and O–H groups in total. The number of hydrogen-bond donors (Lipinski definition) is 4. The third-order valence-electron chi connectivity index (χ3n) is 0.837. The molecule has 0 heterocycles. The molecule has 0 aromatic carbocycles. The van der Waals surface area contributed by atoms with Gasteiger partial charge in [0.1, 0.15) is 0 Å². The van der Waals surface area contributed by atoms with E-state index in [4.69, 9.17) is 5.73 Å². The highest BCUT2D eigenvalue weighted by molar-refractivity contribution is 7.39. The van der Waals surface area contributed by atoms with Gasteiger partial charge in [0.15, 0.2) is 6.73 Å². The summed E-state index contributed by atoms with van der Waals surface area (Å²) in [5.74, 6) is 0. The first kappa shape index (κ1) is 11.6. The predicted molar refractivity (Wildman–Crippen MR) is 43.9 cm³/mol. The van der Waals surface area contributed by atoms with Gasteiger partial charge in [-0.05, 0) is 4.57 Å². The molecule has 9 heteroatoms. The molecule has 0 fully saturated rings. The summed E-state index contributed by atoms with van der Waals surface area (Å²) in [6.07, 6.45) is -0.203. The number of amides is 4. The number of nitrogens with one attached hydrogen (secondary N) is 2. The van der Waals surface area contributed by atoms with Crippen LogP contribution in [0.3, 0.4) is 0 Å². The van der Waals surface area contributed by atoms with Crippen LogP contribution in [0.15, 0.2) is 0 Å². The second kappa shape index (κ2) is 6.15. The van der Waals surface area contributed by atoms with Crippen molar-refractivity contribution < 1.29 is 18.7 Å². The van der Waals surface area contributed by atoms with Crippen LogP contribution >= 0.6 is 8.03 Å². The molecule has 0 aliphatic carbocycles. The Labute approximate surface area is 74.8 Å². The molecule has 0 bridgehead atoms. The van der Waals surface area contributed by atoms with Crippen molar-refractivity contribution in [2.24, 2.45) is 11.5 Å². The van der Waals surface area contributed by atoms with Gasteiger partial charge in [-0.25, -0.2) is 9.59 Å².